The Morgan fingerprint density at radius 3 is 2.45 bits per heavy atom. The minimum atomic E-state index is -0.434. The van der Waals surface area contributed by atoms with Gasteiger partial charge in [0, 0.05) is 29.5 Å². The second-order valence-corrected chi connectivity index (χ2v) is 5.89. The summed E-state index contributed by atoms with van der Waals surface area (Å²) >= 11 is 0. The molecule has 1 heterocycles. The van der Waals surface area contributed by atoms with Crippen LogP contribution in [0.2, 0.25) is 0 Å². The second-order valence-electron chi connectivity index (χ2n) is 5.89. The fraction of sp³-hybridized carbons (Fsp3) is 0.444. The fourth-order valence-corrected chi connectivity index (χ4v) is 2.65. The van der Waals surface area contributed by atoms with E-state index >= 15 is 0 Å². The molecule has 0 aliphatic carbocycles. The van der Waals surface area contributed by atoms with Gasteiger partial charge in [-0.1, -0.05) is 30.3 Å². The van der Waals surface area contributed by atoms with Crippen LogP contribution in [0.15, 0.2) is 36.5 Å². The van der Waals surface area contributed by atoms with Gasteiger partial charge in [0.1, 0.15) is 5.82 Å². The first-order valence-corrected chi connectivity index (χ1v) is 7.75. The van der Waals surface area contributed by atoms with E-state index in [0.717, 1.165) is 22.6 Å². The average molecular weight is 299 g/mol. The van der Waals surface area contributed by atoms with Crippen molar-refractivity contribution >= 4 is 0 Å². The number of aryl methyl sites for hydroxylation is 2. The summed E-state index contributed by atoms with van der Waals surface area (Å²) in [4.78, 5) is 8.67. The Bertz CT molecular complexity index is 601. The van der Waals surface area contributed by atoms with Gasteiger partial charge in [0.15, 0.2) is 0 Å². The highest BCUT2D eigenvalue weighted by Crippen LogP contribution is 2.16. The molecule has 2 rings (SSSR count). The molecule has 0 saturated heterocycles. The maximum Gasteiger partial charge on any atom is 0.125 e. The Kier molecular flexibility index (Phi) is 5.63. The zero-order valence-corrected chi connectivity index (χ0v) is 13.7. The van der Waals surface area contributed by atoms with E-state index in [1.54, 1.807) is 0 Å². The van der Waals surface area contributed by atoms with Gasteiger partial charge in [-0.3, -0.25) is 0 Å². The SMILES string of the molecule is Cc1ncc(C(C)NC(C)C(O)Cc2ccccc2)c(C)n1. The zero-order chi connectivity index (χ0) is 16.1. The van der Waals surface area contributed by atoms with Crippen LogP contribution in [0.1, 0.15) is 42.5 Å². The van der Waals surface area contributed by atoms with Crippen LogP contribution < -0.4 is 5.32 Å². The lowest BCUT2D eigenvalue weighted by molar-refractivity contribution is 0.129. The predicted octanol–water partition coefficient (Wildman–Crippen LogP) is 2.74. The van der Waals surface area contributed by atoms with Crippen LogP contribution in [-0.2, 0) is 6.42 Å². The molecular weight excluding hydrogens is 274 g/mol. The van der Waals surface area contributed by atoms with Crippen LogP contribution in [0.25, 0.3) is 0 Å². The van der Waals surface area contributed by atoms with Gasteiger partial charge in [0.05, 0.1) is 6.10 Å². The molecule has 2 aromatic rings. The Morgan fingerprint density at radius 1 is 1.14 bits per heavy atom. The normalized spacial score (nSPS) is 15.3. The molecule has 2 N–H and O–H groups in total. The Morgan fingerprint density at radius 2 is 1.82 bits per heavy atom. The summed E-state index contributed by atoms with van der Waals surface area (Å²) in [6.45, 7) is 7.97. The Balaban J connectivity index is 1.96. The molecule has 0 aliphatic rings. The summed E-state index contributed by atoms with van der Waals surface area (Å²) < 4.78 is 0. The first-order valence-electron chi connectivity index (χ1n) is 7.75. The monoisotopic (exact) mass is 299 g/mol. The van der Waals surface area contributed by atoms with Crippen LogP contribution in [-0.4, -0.2) is 27.2 Å². The minimum absolute atomic E-state index is 0.0177. The van der Waals surface area contributed by atoms with Crippen molar-refractivity contribution < 1.29 is 5.11 Å². The third kappa shape index (κ3) is 4.36. The van der Waals surface area contributed by atoms with Crippen molar-refractivity contribution in [1.29, 1.82) is 0 Å². The van der Waals surface area contributed by atoms with Gasteiger partial charge in [-0.15, -0.1) is 0 Å². The standard InChI is InChI=1S/C18H25N3O/c1-12(17-11-19-15(4)21-13(17)2)20-14(3)18(22)10-16-8-6-5-7-9-16/h5-9,11-12,14,18,20,22H,10H2,1-4H3. The number of aromatic nitrogens is 2. The lowest BCUT2D eigenvalue weighted by atomic mass is 10.0. The summed E-state index contributed by atoms with van der Waals surface area (Å²) in [5.74, 6) is 0.783. The van der Waals surface area contributed by atoms with Crippen molar-refractivity contribution in [2.45, 2.75) is 52.3 Å². The van der Waals surface area contributed by atoms with E-state index in [0.29, 0.717) is 6.42 Å². The summed E-state index contributed by atoms with van der Waals surface area (Å²) in [6, 6.07) is 10.1. The van der Waals surface area contributed by atoms with Crippen molar-refractivity contribution in [3.05, 3.63) is 59.2 Å². The Labute approximate surface area is 132 Å². The third-order valence-corrected chi connectivity index (χ3v) is 3.98. The highest BCUT2D eigenvalue weighted by Gasteiger charge is 2.19. The van der Waals surface area contributed by atoms with Crippen molar-refractivity contribution in [2.24, 2.45) is 0 Å². The number of hydrogen-bond donors (Lipinski definition) is 2. The molecule has 4 nitrogen and oxygen atoms in total. The largest absolute Gasteiger partial charge is 0.391 e. The highest BCUT2D eigenvalue weighted by molar-refractivity contribution is 5.20. The molecule has 22 heavy (non-hydrogen) atoms. The predicted molar refractivity (Wildman–Crippen MR) is 88.7 cm³/mol. The minimum Gasteiger partial charge on any atom is -0.391 e. The van der Waals surface area contributed by atoms with Crippen molar-refractivity contribution in [3.8, 4) is 0 Å². The summed E-state index contributed by atoms with van der Waals surface area (Å²) in [6.07, 6.45) is 2.08. The molecule has 3 atom stereocenters. The first-order chi connectivity index (χ1) is 10.5. The molecule has 0 spiro atoms. The first kappa shape index (κ1) is 16.6. The lowest BCUT2D eigenvalue weighted by Gasteiger charge is -2.25. The Hall–Kier alpha value is -1.78. The number of benzene rings is 1. The molecule has 3 unspecified atom stereocenters. The van der Waals surface area contributed by atoms with E-state index in [4.69, 9.17) is 0 Å². The van der Waals surface area contributed by atoms with E-state index in [9.17, 15) is 5.11 Å². The molecule has 0 aliphatic heterocycles. The van der Waals surface area contributed by atoms with Gasteiger partial charge in [-0.2, -0.15) is 0 Å². The van der Waals surface area contributed by atoms with Gasteiger partial charge in [0.2, 0.25) is 0 Å². The molecule has 1 aromatic carbocycles. The van der Waals surface area contributed by atoms with Crippen LogP contribution in [0.3, 0.4) is 0 Å². The highest BCUT2D eigenvalue weighted by atomic mass is 16.3. The number of rotatable bonds is 6. The van der Waals surface area contributed by atoms with Gasteiger partial charge >= 0.3 is 0 Å². The van der Waals surface area contributed by atoms with Crippen LogP contribution in [0, 0.1) is 13.8 Å². The van der Waals surface area contributed by atoms with Crippen molar-refractivity contribution in [2.75, 3.05) is 0 Å². The molecule has 0 fully saturated rings. The molecule has 118 valence electrons. The smallest absolute Gasteiger partial charge is 0.125 e. The van der Waals surface area contributed by atoms with Crippen molar-refractivity contribution in [1.82, 2.24) is 15.3 Å². The van der Waals surface area contributed by atoms with E-state index in [1.165, 1.54) is 0 Å². The van der Waals surface area contributed by atoms with Gasteiger partial charge in [-0.05, 0) is 39.7 Å². The maximum atomic E-state index is 10.4. The molecule has 0 amide bonds. The topological polar surface area (TPSA) is 58.0 Å². The van der Waals surface area contributed by atoms with E-state index in [-0.39, 0.29) is 12.1 Å². The maximum absolute atomic E-state index is 10.4. The zero-order valence-electron chi connectivity index (χ0n) is 13.7. The number of aliphatic hydroxyl groups is 1. The summed E-state index contributed by atoms with van der Waals surface area (Å²) in [5.41, 5.74) is 3.20. The molecule has 4 heteroatoms. The van der Waals surface area contributed by atoms with Crippen LogP contribution in [0.5, 0.6) is 0 Å². The average Bonchev–Trinajstić information content (AvgIpc) is 2.47. The van der Waals surface area contributed by atoms with Gasteiger partial charge < -0.3 is 10.4 Å². The molecule has 0 radical (unpaired) electrons. The van der Waals surface area contributed by atoms with Gasteiger partial charge in [-0.25, -0.2) is 9.97 Å². The number of nitrogens with zero attached hydrogens (tertiary/aromatic N) is 2. The number of aliphatic hydroxyl groups excluding tert-OH is 1. The lowest BCUT2D eigenvalue weighted by Crippen LogP contribution is -2.40. The van der Waals surface area contributed by atoms with Crippen LogP contribution in [0.4, 0.5) is 0 Å². The number of nitrogens with one attached hydrogen (secondary N) is 1. The van der Waals surface area contributed by atoms with E-state index in [2.05, 4.69) is 22.2 Å². The van der Waals surface area contributed by atoms with E-state index < -0.39 is 6.10 Å². The van der Waals surface area contributed by atoms with E-state index in [1.807, 2.05) is 57.3 Å². The molecule has 1 aromatic heterocycles. The quantitative estimate of drug-likeness (QED) is 0.861. The second kappa shape index (κ2) is 7.47. The van der Waals surface area contributed by atoms with Crippen molar-refractivity contribution in [3.63, 3.8) is 0 Å². The fourth-order valence-electron chi connectivity index (χ4n) is 2.65. The summed E-state index contributed by atoms with van der Waals surface area (Å²) in [5, 5.41) is 13.8. The molecule has 0 saturated carbocycles. The molecule has 0 bridgehead atoms. The summed E-state index contributed by atoms with van der Waals surface area (Å²) in [7, 11) is 0. The number of hydrogen-bond acceptors (Lipinski definition) is 4. The molecular formula is C18H25N3O. The third-order valence-electron chi connectivity index (χ3n) is 3.98. The van der Waals surface area contributed by atoms with Crippen LogP contribution >= 0.6 is 0 Å². The van der Waals surface area contributed by atoms with Gasteiger partial charge in [0.25, 0.3) is 0 Å².